The second-order valence-corrected chi connectivity index (χ2v) is 3.03. The first kappa shape index (κ1) is 12.4. The first-order chi connectivity index (χ1) is 6.17. The van der Waals surface area contributed by atoms with Crippen LogP contribution in [0.2, 0.25) is 0 Å². The van der Waals surface area contributed by atoms with Crippen LogP contribution >= 0.6 is 0 Å². The lowest BCUT2D eigenvalue weighted by Gasteiger charge is -2.09. The highest BCUT2D eigenvalue weighted by Gasteiger charge is 2.02. The molecule has 13 heavy (non-hydrogen) atoms. The molecule has 0 atom stereocenters. The van der Waals surface area contributed by atoms with Gasteiger partial charge in [0, 0.05) is 19.4 Å². The van der Waals surface area contributed by atoms with E-state index in [-0.39, 0.29) is 0 Å². The molecule has 76 valence electrons. The number of allylic oxidation sites excluding steroid dienone is 1. The van der Waals surface area contributed by atoms with Gasteiger partial charge in [-0.15, -0.1) is 0 Å². The summed E-state index contributed by atoms with van der Waals surface area (Å²) in [6.07, 6.45) is 1.04. The van der Waals surface area contributed by atoms with E-state index in [0.717, 1.165) is 25.3 Å². The molecule has 0 spiro atoms. The van der Waals surface area contributed by atoms with Gasteiger partial charge in [-0.1, -0.05) is 6.92 Å². The van der Waals surface area contributed by atoms with Crippen LogP contribution in [-0.4, -0.2) is 26.0 Å². The molecule has 0 rings (SSSR count). The van der Waals surface area contributed by atoms with Gasteiger partial charge in [-0.05, 0) is 38.3 Å². The summed E-state index contributed by atoms with van der Waals surface area (Å²) in [6, 6.07) is 0. The van der Waals surface area contributed by atoms with Crippen molar-refractivity contribution in [1.82, 2.24) is 0 Å². The molecule has 0 amide bonds. The molecule has 2 nitrogen and oxygen atoms in total. The van der Waals surface area contributed by atoms with Crippen LogP contribution < -0.4 is 0 Å². The van der Waals surface area contributed by atoms with Gasteiger partial charge in [0.2, 0.25) is 0 Å². The van der Waals surface area contributed by atoms with Gasteiger partial charge in [0.05, 0.1) is 6.61 Å². The highest BCUT2D eigenvalue weighted by molar-refractivity contribution is 5.98. The number of hydrogen-bond acceptors (Lipinski definition) is 2. The highest BCUT2D eigenvalue weighted by atomic mass is 16.5. The first-order valence-corrected chi connectivity index (χ1v) is 4.87. The van der Waals surface area contributed by atoms with Crippen LogP contribution in [0.3, 0.4) is 0 Å². The molecule has 0 aliphatic carbocycles. The number of ether oxygens (including phenoxy) is 1. The lowest BCUT2D eigenvalue weighted by Crippen LogP contribution is -2.04. The van der Waals surface area contributed by atoms with Crippen LogP contribution in [0.25, 0.3) is 0 Å². The normalized spacial score (nSPS) is 14.4. The lowest BCUT2D eigenvalue weighted by atomic mass is 10.0. The maximum atomic E-state index is 5.39. The van der Waals surface area contributed by atoms with Crippen molar-refractivity contribution < 1.29 is 4.74 Å². The number of aliphatic imine (C=N–C) groups is 1. The van der Waals surface area contributed by atoms with Gasteiger partial charge in [-0.25, -0.2) is 0 Å². The Bertz CT molecular complexity index is 204. The predicted octanol–water partition coefficient (Wildman–Crippen LogP) is 2.84. The van der Waals surface area contributed by atoms with E-state index in [1.165, 1.54) is 11.1 Å². The largest absolute Gasteiger partial charge is 0.377 e. The van der Waals surface area contributed by atoms with Gasteiger partial charge < -0.3 is 4.74 Å². The van der Waals surface area contributed by atoms with Crippen LogP contribution in [0.4, 0.5) is 0 Å². The topological polar surface area (TPSA) is 21.6 Å². The first-order valence-electron chi connectivity index (χ1n) is 4.87. The molecule has 0 saturated heterocycles. The molecule has 0 aromatic rings. The quantitative estimate of drug-likeness (QED) is 0.601. The monoisotopic (exact) mass is 183 g/mol. The zero-order chi connectivity index (χ0) is 10.3. The summed E-state index contributed by atoms with van der Waals surface area (Å²) in [7, 11) is 1.83. The van der Waals surface area contributed by atoms with Crippen LogP contribution in [0, 0.1) is 0 Å². The van der Waals surface area contributed by atoms with Gasteiger partial charge in [-0.3, -0.25) is 4.99 Å². The second kappa shape index (κ2) is 6.84. The van der Waals surface area contributed by atoms with E-state index in [0.29, 0.717) is 0 Å². The molecule has 0 unspecified atom stereocenters. The Morgan fingerprint density at radius 1 is 1.23 bits per heavy atom. The molecule has 2 heteroatoms. The summed E-state index contributed by atoms with van der Waals surface area (Å²) in [5.74, 6) is 0. The van der Waals surface area contributed by atoms with E-state index in [1.54, 1.807) is 0 Å². The van der Waals surface area contributed by atoms with Crippen molar-refractivity contribution in [2.75, 3.05) is 20.3 Å². The number of hydrogen-bond donors (Lipinski definition) is 0. The van der Waals surface area contributed by atoms with Crippen molar-refractivity contribution in [3.05, 3.63) is 11.1 Å². The van der Waals surface area contributed by atoms with Crippen LogP contribution in [-0.2, 0) is 4.74 Å². The Balaban J connectivity index is 4.49. The Labute approximate surface area is 81.7 Å². The molecule has 0 aliphatic rings. The molecule has 0 saturated carbocycles. The van der Waals surface area contributed by atoms with E-state index in [9.17, 15) is 0 Å². The van der Waals surface area contributed by atoms with Crippen molar-refractivity contribution in [3.63, 3.8) is 0 Å². The Morgan fingerprint density at radius 3 is 2.23 bits per heavy atom. The van der Waals surface area contributed by atoms with Gasteiger partial charge in [0.15, 0.2) is 0 Å². The van der Waals surface area contributed by atoms with Gasteiger partial charge in [0.1, 0.15) is 0 Å². The van der Waals surface area contributed by atoms with E-state index in [4.69, 9.17) is 4.74 Å². The Morgan fingerprint density at radius 2 is 1.85 bits per heavy atom. The van der Waals surface area contributed by atoms with Crippen LogP contribution in [0.5, 0.6) is 0 Å². The zero-order valence-electron chi connectivity index (χ0n) is 9.48. The maximum absolute atomic E-state index is 5.39. The minimum atomic E-state index is 0.742. The van der Waals surface area contributed by atoms with E-state index < -0.39 is 0 Å². The summed E-state index contributed by atoms with van der Waals surface area (Å²) >= 11 is 0. The minimum Gasteiger partial charge on any atom is -0.377 e. The van der Waals surface area contributed by atoms with Crippen molar-refractivity contribution >= 4 is 5.71 Å². The van der Waals surface area contributed by atoms with Gasteiger partial charge in [-0.2, -0.15) is 0 Å². The smallest absolute Gasteiger partial charge is 0.0682 e. The average Bonchev–Trinajstić information content (AvgIpc) is 2.17. The Hall–Kier alpha value is -0.630. The third-order valence-electron chi connectivity index (χ3n) is 2.32. The summed E-state index contributed by atoms with van der Waals surface area (Å²) in [5.41, 5.74) is 3.74. The van der Waals surface area contributed by atoms with E-state index >= 15 is 0 Å². The molecule has 0 bridgehead atoms. The third kappa shape index (κ3) is 4.23. The fraction of sp³-hybridized carbons (Fsp3) is 0.727. The second-order valence-electron chi connectivity index (χ2n) is 3.03. The third-order valence-corrected chi connectivity index (χ3v) is 2.32. The molecule has 0 aliphatic heterocycles. The fourth-order valence-corrected chi connectivity index (χ4v) is 1.12. The van der Waals surface area contributed by atoms with Gasteiger partial charge >= 0.3 is 0 Å². The van der Waals surface area contributed by atoms with Crippen molar-refractivity contribution in [2.45, 2.75) is 34.1 Å². The van der Waals surface area contributed by atoms with E-state index in [2.05, 4.69) is 18.8 Å². The van der Waals surface area contributed by atoms with Crippen molar-refractivity contribution in [1.29, 1.82) is 0 Å². The maximum Gasteiger partial charge on any atom is 0.0682 e. The molecule has 0 N–H and O–H groups in total. The Kier molecular flexibility index (Phi) is 6.51. The number of rotatable bonds is 5. The summed E-state index contributed by atoms with van der Waals surface area (Å²) < 4.78 is 5.39. The molecular formula is C11H21NO. The van der Waals surface area contributed by atoms with Crippen LogP contribution in [0.1, 0.15) is 34.1 Å². The summed E-state index contributed by atoms with van der Waals surface area (Å²) in [5, 5.41) is 0. The predicted molar refractivity (Wildman–Crippen MR) is 58.5 cm³/mol. The molecule has 0 fully saturated rings. The highest BCUT2D eigenvalue weighted by Crippen LogP contribution is 2.10. The number of nitrogens with zero attached hydrogens (tertiary/aromatic N) is 1. The minimum absolute atomic E-state index is 0.742. The molecule has 0 aromatic heterocycles. The standard InChI is InChI=1S/C11H21NO/c1-6-11(8-13-7-2)9(3)10(4)12-5/h6-8H2,1-5H3/b11-9+,12-10?. The van der Waals surface area contributed by atoms with E-state index in [1.807, 2.05) is 20.9 Å². The molecular weight excluding hydrogens is 162 g/mol. The fourth-order valence-electron chi connectivity index (χ4n) is 1.12. The average molecular weight is 183 g/mol. The molecule has 0 aromatic carbocycles. The van der Waals surface area contributed by atoms with Gasteiger partial charge in [0.25, 0.3) is 0 Å². The summed E-state index contributed by atoms with van der Waals surface area (Å²) in [6.45, 7) is 9.84. The SMILES string of the molecule is CCOC/C(CC)=C(\C)C(C)=NC. The molecule has 0 heterocycles. The molecule has 0 radical (unpaired) electrons. The van der Waals surface area contributed by atoms with Crippen molar-refractivity contribution in [2.24, 2.45) is 4.99 Å². The lowest BCUT2D eigenvalue weighted by molar-refractivity contribution is 0.169. The van der Waals surface area contributed by atoms with Crippen LogP contribution in [0.15, 0.2) is 16.1 Å². The summed E-state index contributed by atoms with van der Waals surface area (Å²) in [4.78, 5) is 4.17. The zero-order valence-corrected chi connectivity index (χ0v) is 9.48. The van der Waals surface area contributed by atoms with Crippen molar-refractivity contribution in [3.8, 4) is 0 Å².